The Morgan fingerprint density at radius 3 is 2.83 bits per heavy atom. The Hall–Kier alpha value is -2.08. The maximum Gasteiger partial charge on any atom is 0.244 e. The molecule has 6 nitrogen and oxygen atoms in total. The molecule has 0 bridgehead atoms. The van der Waals surface area contributed by atoms with Crippen molar-refractivity contribution in [2.75, 3.05) is 19.6 Å². The number of nitrogens with zero attached hydrogens (tertiary/aromatic N) is 3. The first-order valence-corrected chi connectivity index (χ1v) is 8.30. The number of carbonyl (C=O) groups excluding carboxylic acids is 1. The van der Waals surface area contributed by atoms with Gasteiger partial charge in [-0.05, 0) is 51.1 Å². The lowest BCUT2D eigenvalue weighted by atomic mass is 10.1. The number of likely N-dealkylation sites (tertiary alicyclic amines) is 1. The summed E-state index contributed by atoms with van der Waals surface area (Å²) in [4.78, 5) is 14.8. The van der Waals surface area contributed by atoms with Crippen LogP contribution in [0.5, 0.6) is 0 Å². The number of furan rings is 1. The van der Waals surface area contributed by atoms with Gasteiger partial charge >= 0.3 is 0 Å². The topological polar surface area (TPSA) is 63.3 Å². The highest BCUT2D eigenvalue weighted by atomic mass is 16.3. The van der Waals surface area contributed by atoms with Crippen molar-refractivity contribution in [3.63, 3.8) is 0 Å². The molecule has 2 unspecified atom stereocenters. The van der Waals surface area contributed by atoms with Crippen LogP contribution in [0.25, 0.3) is 0 Å². The molecule has 1 aliphatic heterocycles. The number of hydrogen-bond acceptors (Lipinski definition) is 4. The van der Waals surface area contributed by atoms with Gasteiger partial charge in [-0.2, -0.15) is 5.10 Å². The van der Waals surface area contributed by atoms with Crippen LogP contribution in [0.3, 0.4) is 0 Å². The lowest BCUT2D eigenvalue weighted by Crippen LogP contribution is -2.42. The van der Waals surface area contributed by atoms with E-state index in [1.54, 1.807) is 23.3 Å². The van der Waals surface area contributed by atoms with Crippen molar-refractivity contribution < 1.29 is 9.21 Å². The van der Waals surface area contributed by atoms with E-state index in [1.165, 1.54) is 19.3 Å². The molecule has 124 valence electrons. The number of hydrogen-bond donors (Lipinski definition) is 1. The van der Waals surface area contributed by atoms with Crippen molar-refractivity contribution in [1.29, 1.82) is 0 Å². The first-order valence-electron chi connectivity index (χ1n) is 8.30. The van der Waals surface area contributed by atoms with E-state index in [1.807, 2.05) is 25.1 Å². The summed E-state index contributed by atoms with van der Waals surface area (Å²) in [5.41, 5.74) is 0. The Morgan fingerprint density at radius 2 is 2.17 bits per heavy atom. The quantitative estimate of drug-likeness (QED) is 0.889. The minimum Gasteiger partial charge on any atom is -0.468 e. The van der Waals surface area contributed by atoms with Gasteiger partial charge in [0.1, 0.15) is 11.8 Å². The largest absolute Gasteiger partial charge is 0.468 e. The molecule has 1 saturated heterocycles. The highest BCUT2D eigenvalue weighted by molar-refractivity contribution is 5.79. The van der Waals surface area contributed by atoms with Crippen LogP contribution in [0, 0.1) is 0 Å². The van der Waals surface area contributed by atoms with E-state index in [0.717, 1.165) is 18.8 Å². The maximum atomic E-state index is 12.4. The van der Waals surface area contributed by atoms with Gasteiger partial charge in [-0.15, -0.1) is 0 Å². The standard InChI is InChI=1S/C17H24N4O2/c1-14(21-11-6-8-19-21)17(22)18-13-15(16-7-5-12-23-16)20-9-3-2-4-10-20/h5-8,11-12,14-15H,2-4,9-10,13H2,1H3,(H,18,22). The predicted octanol–water partition coefficient (Wildman–Crippen LogP) is 2.38. The van der Waals surface area contributed by atoms with Gasteiger partial charge in [0.15, 0.2) is 0 Å². The highest BCUT2D eigenvalue weighted by Gasteiger charge is 2.26. The monoisotopic (exact) mass is 316 g/mol. The molecule has 1 amide bonds. The van der Waals surface area contributed by atoms with Crippen molar-refractivity contribution in [2.45, 2.75) is 38.3 Å². The summed E-state index contributed by atoms with van der Waals surface area (Å²) in [6, 6.07) is 5.49. The summed E-state index contributed by atoms with van der Waals surface area (Å²) in [7, 11) is 0. The van der Waals surface area contributed by atoms with Crippen molar-refractivity contribution in [3.05, 3.63) is 42.6 Å². The maximum absolute atomic E-state index is 12.4. The van der Waals surface area contributed by atoms with Crippen molar-refractivity contribution in [2.24, 2.45) is 0 Å². The van der Waals surface area contributed by atoms with Crippen molar-refractivity contribution in [3.8, 4) is 0 Å². The zero-order valence-electron chi connectivity index (χ0n) is 13.5. The van der Waals surface area contributed by atoms with Crippen LogP contribution >= 0.6 is 0 Å². The van der Waals surface area contributed by atoms with Gasteiger partial charge in [-0.1, -0.05) is 6.42 Å². The Morgan fingerprint density at radius 1 is 1.35 bits per heavy atom. The lowest BCUT2D eigenvalue weighted by molar-refractivity contribution is -0.124. The second-order valence-electron chi connectivity index (χ2n) is 6.04. The molecule has 6 heteroatoms. The fraction of sp³-hybridized carbons (Fsp3) is 0.529. The zero-order valence-corrected chi connectivity index (χ0v) is 13.5. The van der Waals surface area contributed by atoms with Crippen LogP contribution in [-0.4, -0.2) is 40.2 Å². The van der Waals surface area contributed by atoms with Crippen molar-refractivity contribution >= 4 is 5.91 Å². The Bertz CT molecular complexity index is 588. The van der Waals surface area contributed by atoms with E-state index in [9.17, 15) is 4.79 Å². The number of aromatic nitrogens is 2. The molecule has 0 radical (unpaired) electrons. The minimum atomic E-state index is -0.316. The third-order valence-corrected chi connectivity index (χ3v) is 4.47. The molecular formula is C17H24N4O2. The average molecular weight is 316 g/mol. The Balaban J connectivity index is 1.63. The first kappa shape index (κ1) is 15.8. The van der Waals surface area contributed by atoms with Crippen LogP contribution < -0.4 is 5.32 Å². The Kier molecular flexibility index (Phi) is 5.12. The fourth-order valence-corrected chi connectivity index (χ4v) is 3.10. The highest BCUT2D eigenvalue weighted by Crippen LogP contribution is 2.24. The van der Waals surface area contributed by atoms with Crippen LogP contribution in [0.4, 0.5) is 0 Å². The summed E-state index contributed by atoms with van der Waals surface area (Å²) in [6.45, 7) is 4.51. The van der Waals surface area contributed by atoms with Gasteiger partial charge in [0.05, 0.1) is 12.3 Å². The number of amides is 1. The third-order valence-electron chi connectivity index (χ3n) is 4.47. The zero-order chi connectivity index (χ0) is 16.1. The molecule has 0 spiro atoms. The SMILES string of the molecule is CC(C(=O)NCC(c1ccco1)N1CCCCC1)n1cccn1. The molecule has 2 aromatic rings. The van der Waals surface area contributed by atoms with Gasteiger partial charge < -0.3 is 9.73 Å². The molecule has 0 saturated carbocycles. The van der Waals surface area contributed by atoms with Gasteiger partial charge in [0, 0.05) is 18.9 Å². The summed E-state index contributed by atoms with van der Waals surface area (Å²) in [5, 5.41) is 7.19. The number of carbonyl (C=O) groups is 1. The summed E-state index contributed by atoms with van der Waals surface area (Å²) < 4.78 is 7.27. The minimum absolute atomic E-state index is 0.0257. The average Bonchev–Trinajstić information content (AvgIpc) is 3.29. The molecule has 2 aromatic heterocycles. The van der Waals surface area contributed by atoms with E-state index in [0.29, 0.717) is 6.54 Å². The summed E-state index contributed by atoms with van der Waals surface area (Å²) in [5.74, 6) is 0.890. The molecule has 3 rings (SSSR count). The molecule has 23 heavy (non-hydrogen) atoms. The van der Waals surface area contributed by atoms with E-state index in [-0.39, 0.29) is 18.0 Å². The van der Waals surface area contributed by atoms with Crippen LogP contribution in [0.2, 0.25) is 0 Å². The van der Waals surface area contributed by atoms with E-state index < -0.39 is 0 Å². The second kappa shape index (κ2) is 7.46. The molecule has 0 aromatic carbocycles. The Labute approximate surface area is 136 Å². The van der Waals surface area contributed by atoms with Crippen molar-refractivity contribution in [1.82, 2.24) is 20.0 Å². The van der Waals surface area contributed by atoms with Crippen LogP contribution in [0.15, 0.2) is 41.3 Å². The fourth-order valence-electron chi connectivity index (χ4n) is 3.10. The predicted molar refractivity (Wildman–Crippen MR) is 86.8 cm³/mol. The van der Waals surface area contributed by atoms with Crippen LogP contribution in [-0.2, 0) is 4.79 Å². The molecule has 0 aliphatic carbocycles. The van der Waals surface area contributed by atoms with Crippen LogP contribution in [0.1, 0.15) is 44.0 Å². The summed E-state index contributed by atoms with van der Waals surface area (Å²) in [6.07, 6.45) is 8.87. The second-order valence-corrected chi connectivity index (χ2v) is 6.04. The molecule has 3 heterocycles. The molecular weight excluding hydrogens is 292 g/mol. The number of nitrogens with one attached hydrogen (secondary N) is 1. The van der Waals surface area contributed by atoms with Gasteiger partial charge in [-0.3, -0.25) is 14.4 Å². The van der Waals surface area contributed by atoms with E-state index in [4.69, 9.17) is 4.42 Å². The lowest BCUT2D eigenvalue weighted by Gasteiger charge is -2.33. The molecule has 1 N–H and O–H groups in total. The first-order chi connectivity index (χ1) is 11.3. The molecule has 1 aliphatic rings. The smallest absolute Gasteiger partial charge is 0.244 e. The normalized spacial score (nSPS) is 18.5. The third kappa shape index (κ3) is 3.82. The molecule has 2 atom stereocenters. The number of piperidine rings is 1. The van der Waals surface area contributed by atoms with E-state index >= 15 is 0 Å². The van der Waals surface area contributed by atoms with E-state index in [2.05, 4.69) is 15.3 Å². The number of rotatable bonds is 6. The van der Waals surface area contributed by atoms with Gasteiger partial charge in [0.25, 0.3) is 0 Å². The summed E-state index contributed by atoms with van der Waals surface area (Å²) >= 11 is 0. The van der Waals surface area contributed by atoms with Gasteiger partial charge in [0.2, 0.25) is 5.91 Å². The van der Waals surface area contributed by atoms with Gasteiger partial charge in [-0.25, -0.2) is 0 Å². The molecule has 1 fully saturated rings.